The summed E-state index contributed by atoms with van der Waals surface area (Å²) < 4.78 is 0. The topological polar surface area (TPSA) is 57.6 Å². The molecule has 0 atom stereocenters. The van der Waals surface area contributed by atoms with Gasteiger partial charge in [0.15, 0.2) is 0 Å². The number of carbonyl (C=O) groups is 2. The summed E-state index contributed by atoms with van der Waals surface area (Å²) in [6.45, 7) is 3.47. The maximum Gasteiger partial charge on any atom is 0.261 e. The van der Waals surface area contributed by atoms with E-state index in [0.717, 1.165) is 12.0 Å². The number of amides is 2. The van der Waals surface area contributed by atoms with Crippen LogP contribution in [0.15, 0.2) is 35.4 Å². The zero-order valence-electron chi connectivity index (χ0n) is 11.1. The van der Waals surface area contributed by atoms with Crippen LogP contribution in [0, 0.1) is 0 Å². The van der Waals surface area contributed by atoms with Gasteiger partial charge in [0.2, 0.25) is 0 Å². The number of aryl methyl sites for hydroxylation is 1. The Bertz CT molecular complexity index is 536. The van der Waals surface area contributed by atoms with E-state index >= 15 is 0 Å². The third kappa shape index (κ3) is 2.44. The SMILES string of the molecule is CC1=C(C)C(=O)N(c2cccc(CCCO)c2)C1=O. The second kappa shape index (κ2) is 5.36. The van der Waals surface area contributed by atoms with E-state index < -0.39 is 0 Å². The van der Waals surface area contributed by atoms with Crippen LogP contribution in [0.25, 0.3) is 0 Å². The number of hydrogen-bond acceptors (Lipinski definition) is 3. The average molecular weight is 259 g/mol. The molecule has 0 saturated heterocycles. The van der Waals surface area contributed by atoms with Crippen LogP contribution in [0.5, 0.6) is 0 Å². The highest BCUT2D eigenvalue weighted by atomic mass is 16.3. The first kappa shape index (κ1) is 13.5. The van der Waals surface area contributed by atoms with Crippen LogP contribution < -0.4 is 4.90 Å². The van der Waals surface area contributed by atoms with E-state index in [2.05, 4.69) is 0 Å². The van der Waals surface area contributed by atoms with Gasteiger partial charge in [0, 0.05) is 17.8 Å². The second-order valence-electron chi connectivity index (χ2n) is 4.69. The number of hydrogen-bond donors (Lipinski definition) is 1. The van der Waals surface area contributed by atoms with Gasteiger partial charge in [-0.2, -0.15) is 0 Å². The number of aliphatic hydroxyl groups excluding tert-OH is 1. The zero-order valence-corrected chi connectivity index (χ0v) is 11.1. The van der Waals surface area contributed by atoms with Crippen LogP contribution in [-0.2, 0) is 16.0 Å². The van der Waals surface area contributed by atoms with Crippen molar-refractivity contribution in [2.24, 2.45) is 0 Å². The molecule has 2 rings (SSSR count). The standard InChI is InChI=1S/C15H17NO3/c1-10-11(2)15(19)16(14(10)18)13-7-3-5-12(9-13)6-4-8-17/h3,5,7,9,17H,4,6,8H2,1-2H3. The Morgan fingerprint density at radius 3 is 2.32 bits per heavy atom. The van der Waals surface area contributed by atoms with Crippen molar-refractivity contribution in [1.82, 2.24) is 0 Å². The first-order valence-electron chi connectivity index (χ1n) is 6.32. The zero-order chi connectivity index (χ0) is 14.0. The third-order valence-electron chi connectivity index (χ3n) is 3.40. The smallest absolute Gasteiger partial charge is 0.261 e. The fourth-order valence-corrected chi connectivity index (χ4v) is 2.12. The molecule has 4 nitrogen and oxygen atoms in total. The predicted octanol–water partition coefficient (Wildman–Crippen LogP) is 1.82. The van der Waals surface area contributed by atoms with Crippen LogP contribution in [0.1, 0.15) is 25.8 Å². The molecule has 0 saturated carbocycles. The Hall–Kier alpha value is -1.94. The largest absolute Gasteiger partial charge is 0.396 e. The van der Waals surface area contributed by atoms with Crippen molar-refractivity contribution >= 4 is 17.5 Å². The minimum Gasteiger partial charge on any atom is -0.396 e. The van der Waals surface area contributed by atoms with Crippen molar-refractivity contribution in [3.8, 4) is 0 Å². The lowest BCUT2D eigenvalue weighted by molar-refractivity contribution is -0.120. The molecule has 19 heavy (non-hydrogen) atoms. The Morgan fingerprint density at radius 1 is 1.11 bits per heavy atom. The summed E-state index contributed by atoms with van der Waals surface area (Å²) >= 11 is 0. The van der Waals surface area contributed by atoms with Crippen molar-refractivity contribution in [3.63, 3.8) is 0 Å². The minimum absolute atomic E-state index is 0.131. The quantitative estimate of drug-likeness (QED) is 0.839. The summed E-state index contributed by atoms with van der Waals surface area (Å²) in [5, 5.41) is 8.84. The van der Waals surface area contributed by atoms with Crippen molar-refractivity contribution in [3.05, 3.63) is 41.0 Å². The first-order chi connectivity index (χ1) is 9.06. The van der Waals surface area contributed by atoms with Gasteiger partial charge in [0.25, 0.3) is 11.8 Å². The predicted molar refractivity (Wildman–Crippen MR) is 72.7 cm³/mol. The summed E-state index contributed by atoms with van der Waals surface area (Å²) in [4.78, 5) is 25.3. The summed E-state index contributed by atoms with van der Waals surface area (Å²) in [7, 11) is 0. The molecule has 0 unspecified atom stereocenters. The molecule has 1 aromatic rings. The second-order valence-corrected chi connectivity index (χ2v) is 4.69. The van der Waals surface area contributed by atoms with Crippen LogP contribution in [0.4, 0.5) is 5.69 Å². The first-order valence-corrected chi connectivity index (χ1v) is 6.32. The molecule has 100 valence electrons. The summed E-state index contributed by atoms with van der Waals surface area (Å²) in [5.41, 5.74) is 2.62. The minimum atomic E-state index is -0.248. The molecule has 0 fully saturated rings. The monoisotopic (exact) mass is 259 g/mol. The highest BCUT2D eigenvalue weighted by Gasteiger charge is 2.34. The maximum atomic E-state index is 12.1. The number of nitrogens with zero attached hydrogens (tertiary/aromatic N) is 1. The number of aliphatic hydroxyl groups is 1. The van der Waals surface area contributed by atoms with E-state index in [4.69, 9.17) is 5.11 Å². The van der Waals surface area contributed by atoms with Gasteiger partial charge >= 0.3 is 0 Å². The van der Waals surface area contributed by atoms with Gasteiger partial charge in [-0.1, -0.05) is 12.1 Å². The normalized spacial score (nSPS) is 15.6. The highest BCUT2D eigenvalue weighted by Crippen LogP contribution is 2.27. The van der Waals surface area contributed by atoms with E-state index in [9.17, 15) is 9.59 Å². The van der Waals surface area contributed by atoms with Crippen LogP contribution in [0.3, 0.4) is 0 Å². The van der Waals surface area contributed by atoms with Gasteiger partial charge in [0.1, 0.15) is 0 Å². The summed E-state index contributed by atoms with van der Waals surface area (Å²) in [5.74, 6) is -0.497. The molecule has 0 bridgehead atoms. The lowest BCUT2D eigenvalue weighted by Crippen LogP contribution is -2.31. The molecule has 2 amide bonds. The lowest BCUT2D eigenvalue weighted by Gasteiger charge is -2.15. The van der Waals surface area contributed by atoms with Crippen molar-refractivity contribution in [2.45, 2.75) is 26.7 Å². The molecule has 4 heteroatoms. The molecule has 1 aliphatic heterocycles. The van der Waals surface area contributed by atoms with Crippen LogP contribution >= 0.6 is 0 Å². The Morgan fingerprint density at radius 2 is 1.74 bits per heavy atom. The van der Waals surface area contributed by atoms with Gasteiger partial charge in [-0.3, -0.25) is 9.59 Å². The molecule has 1 heterocycles. The van der Waals surface area contributed by atoms with Gasteiger partial charge in [-0.25, -0.2) is 4.90 Å². The molecule has 1 aliphatic rings. The van der Waals surface area contributed by atoms with E-state index in [1.54, 1.807) is 19.9 Å². The van der Waals surface area contributed by atoms with Gasteiger partial charge in [0.05, 0.1) is 5.69 Å². The lowest BCUT2D eigenvalue weighted by atomic mass is 10.1. The molecule has 0 radical (unpaired) electrons. The van der Waals surface area contributed by atoms with E-state index in [-0.39, 0.29) is 18.4 Å². The Kier molecular flexibility index (Phi) is 3.81. The summed E-state index contributed by atoms with van der Waals surface area (Å²) in [6, 6.07) is 7.34. The third-order valence-corrected chi connectivity index (χ3v) is 3.40. The van der Waals surface area contributed by atoms with Gasteiger partial charge < -0.3 is 5.11 Å². The fourth-order valence-electron chi connectivity index (χ4n) is 2.12. The van der Waals surface area contributed by atoms with Gasteiger partial charge in [-0.05, 0) is 44.4 Å². The molecule has 0 spiro atoms. The average Bonchev–Trinajstić information content (AvgIpc) is 2.61. The summed E-state index contributed by atoms with van der Waals surface area (Å²) in [6.07, 6.45) is 1.40. The van der Waals surface area contributed by atoms with Crippen molar-refractivity contribution in [1.29, 1.82) is 0 Å². The molecule has 0 aliphatic carbocycles. The molecular formula is C15H17NO3. The van der Waals surface area contributed by atoms with E-state index in [1.165, 1.54) is 4.90 Å². The Labute approximate surface area is 112 Å². The van der Waals surface area contributed by atoms with Crippen LogP contribution in [-0.4, -0.2) is 23.5 Å². The molecule has 0 aromatic heterocycles. The number of anilines is 1. The molecule has 1 N–H and O–H groups in total. The van der Waals surface area contributed by atoms with E-state index in [1.807, 2.05) is 18.2 Å². The number of imide groups is 1. The molecule has 1 aromatic carbocycles. The number of rotatable bonds is 4. The van der Waals surface area contributed by atoms with Crippen molar-refractivity contribution < 1.29 is 14.7 Å². The maximum absolute atomic E-state index is 12.1. The van der Waals surface area contributed by atoms with E-state index in [0.29, 0.717) is 23.3 Å². The number of benzene rings is 1. The number of carbonyl (C=O) groups excluding carboxylic acids is 2. The van der Waals surface area contributed by atoms with Crippen molar-refractivity contribution in [2.75, 3.05) is 11.5 Å². The van der Waals surface area contributed by atoms with Crippen LogP contribution in [0.2, 0.25) is 0 Å². The van der Waals surface area contributed by atoms with Gasteiger partial charge in [-0.15, -0.1) is 0 Å². The highest BCUT2D eigenvalue weighted by molar-refractivity contribution is 6.32. The Balaban J connectivity index is 2.29. The fraction of sp³-hybridized carbons (Fsp3) is 0.333. The molecular weight excluding hydrogens is 242 g/mol.